The van der Waals surface area contributed by atoms with Gasteiger partial charge in [-0.3, -0.25) is 4.79 Å². The van der Waals surface area contributed by atoms with Gasteiger partial charge >= 0.3 is 6.03 Å². The monoisotopic (exact) mass is 385 g/mol. The maximum atomic E-state index is 12.5. The lowest BCUT2D eigenvalue weighted by molar-refractivity contribution is 0.0909. The predicted octanol–water partition coefficient (Wildman–Crippen LogP) is 2.88. The van der Waals surface area contributed by atoms with E-state index in [1.165, 1.54) is 6.26 Å². The van der Waals surface area contributed by atoms with Gasteiger partial charge in [-0.1, -0.05) is 30.3 Å². The van der Waals surface area contributed by atoms with E-state index in [0.29, 0.717) is 31.0 Å². The third-order valence-electron chi connectivity index (χ3n) is 5.12. The van der Waals surface area contributed by atoms with E-state index in [1.807, 2.05) is 30.3 Å². The molecule has 0 aliphatic carbocycles. The van der Waals surface area contributed by atoms with E-state index in [0.717, 1.165) is 18.4 Å². The zero-order chi connectivity index (χ0) is 19.9. The van der Waals surface area contributed by atoms with Crippen molar-refractivity contribution in [2.45, 2.75) is 31.9 Å². The number of ether oxygens (including phenoxy) is 1. The number of amides is 3. The molecule has 0 bridgehead atoms. The second-order valence-corrected chi connectivity index (χ2v) is 6.95. The number of hydrogen-bond acceptors (Lipinski definition) is 4. The van der Waals surface area contributed by atoms with Gasteiger partial charge in [-0.25, -0.2) is 4.79 Å². The third-order valence-corrected chi connectivity index (χ3v) is 5.12. The van der Waals surface area contributed by atoms with Crippen LogP contribution in [-0.2, 0) is 4.74 Å². The zero-order valence-corrected chi connectivity index (χ0v) is 16.3. The molecule has 2 N–H and O–H groups in total. The molecule has 7 heteroatoms. The molecule has 0 spiro atoms. The van der Waals surface area contributed by atoms with Gasteiger partial charge in [0, 0.05) is 32.8 Å². The van der Waals surface area contributed by atoms with Crippen LogP contribution in [0, 0.1) is 6.92 Å². The molecule has 1 aliphatic rings. The number of furan rings is 1. The normalized spacial score (nSPS) is 15.9. The Bertz CT molecular complexity index is 782. The van der Waals surface area contributed by atoms with Crippen molar-refractivity contribution in [3.8, 4) is 0 Å². The van der Waals surface area contributed by atoms with Crippen LogP contribution in [0.25, 0.3) is 0 Å². The number of hydrogen-bond donors (Lipinski definition) is 2. The molecule has 3 amide bonds. The molecule has 1 aliphatic heterocycles. The first-order valence-corrected chi connectivity index (χ1v) is 9.54. The molecule has 1 fully saturated rings. The fourth-order valence-electron chi connectivity index (χ4n) is 3.41. The van der Waals surface area contributed by atoms with Gasteiger partial charge in [0.1, 0.15) is 5.76 Å². The number of rotatable bonds is 6. The Morgan fingerprint density at radius 3 is 2.54 bits per heavy atom. The fourth-order valence-corrected chi connectivity index (χ4v) is 3.41. The summed E-state index contributed by atoms with van der Waals surface area (Å²) < 4.78 is 10.7. The molecule has 1 aromatic carbocycles. The van der Waals surface area contributed by atoms with Crippen molar-refractivity contribution in [3.05, 3.63) is 59.5 Å². The lowest BCUT2D eigenvalue weighted by atomic mass is 10.0. The van der Waals surface area contributed by atoms with E-state index >= 15 is 0 Å². The first-order valence-electron chi connectivity index (χ1n) is 9.54. The van der Waals surface area contributed by atoms with Crippen molar-refractivity contribution < 1.29 is 18.7 Å². The molecule has 1 unspecified atom stereocenters. The average molecular weight is 385 g/mol. The molecule has 2 aromatic rings. The average Bonchev–Trinajstić information content (AvgIpc) is 3.16. The first-order chi connectivity index (χ1) is 13.6. The molecule has 0 radical (unpaired) electrons. The maximum Gasteiger partial charge on any atom is 0.317 e. The van der Waals surface area contributed by atoms with Crippen molar-refractivity contribution in [1.82, 2.24) is 15.5 Å². The molecular formula is C21H27N3O4. The molecule has 1 atom stereocenters. The minimum Gasteiger partial charge on any atom is -0.469 e. The predicted molar refractivity (Wildman–Crippen MR) is 105 cm³/mol. The molecule has 150 valence electrons. The van der Waals surface area contributed by atoms with Crippen molar-refractivity contribution in [3.63, 3.8) is 0 Å². The van der Waals surface area contributed by atoms with Crippen LogP contribution in [0.3, 0.4) is 0 Å². The van der Waals surface area contributed by atoms with Crippen LogP contribution in [0.15, 0.2) is 47.1 Å². The summed E-state index contributed by atoms with van der Waals surface area (Å²) in [6.07, 6.45) is 2.78. The number of aryl methyl sites for hydroxylation is 1. The number of piperidine rings is 1. The van der Waals surface area contributed by atoms with E-state index in [9.17, 15) is 9.59 Å². The standard InChI is InChI=1S/C21H27N3O4/c1-15-18(10-13-28-15)20(25)23-17-8-11-24(12-9-17)21(26)22-14-19(27-2)16-6-4-3-5-7-16/h3-7,10,13,17,19H,8-9,11-12,14H2,1-2H3,(H,22,26)(H,23,25). The van der Waals surface area contributed by atoms with E-state index in [-0.39, 0.29) is 24.1 Å². The van der Waals surface area contributed by atoms with E-state index in [4.69, 9.17) is 9.15 Å². The highest BCUT2D eigenvalue weighted by molar-refractivity contribution is 5.95. The highest BCUT2D eigenvalue weighted by Gasteiger charge is 2.25. The fraction of sp³-hybridized carbons (Fsp3) is 0.429. The van der Waals surface area contributed by atoms with E-state index in [1.54, 1.807) is 25.0 Å². The maximum absolute atomic E-state index is 12.5. The highest BCUT2D eigenvalue weighted by atomic mass is 16.5. The Morgan fingerprint density at radius 2 is 1.93 bits per heavy atom. The Labute approximate surface area is 165 Å². The summed E-state index contributed by atoms with van der Waals surface area (Å²) >= 11 is 0. The number of benzene rings is 1. The zero-order valence-electron chi connectivity index (χ0n) is 16.3. The van der Waals surface area contributed by atoms with Gasteiger partial charge in [0.25, 0.3) is 5.91 Å². The topological polar surface area (TPSA) is 83.8 Å². The Kier molecular flexibility index (Phi) is 6.71. The molecule has 2 heterocycles. The van der Waals surface area contributed by atoms with Crippen LogP contribution in [-0.4, -0.2) is 49.6 Å². The number of urea groups is 1. The summed E-state index contributed by atoms with van der Waals surface area (Å²) in [5.74, 6) is 0.486. The van der Waals surface area contributed by atoms with Crippen LogP contribution in [0.4, 0.5) is 4.79 Å². The highest BCUT2D eigenvalue weighted by Crippen LogP contribution is 2.16. The number of nitrogens with one attached hydrogen (secondary N) is 2. The third kappa shape index (κ3) is 4.92. The van der Waals surface area contributed by atoms with Crippen LogP contribution in [0.2, 0.25) is 0 Å². The smallest absolute Gasteiger partial charge is 0.317 e. The molecule has 0 saturated carbocycles. The van der Waals surface area contributed by atoms with Crippen molar-refractivity contribution in [1.29, 1.82) is 0 Å². The van der Waals surface area contributed by atoms with Crippen molar-refractivity contribution in [2.75, 3.05) is 26.7 Å². The number of methoxy groups -OCH3 is 1. The van der Waals surface area contributed by atoms with Crippen LogP contribution in [0.1, 0.15) is 40.6 Å². The molecular weight excluding hydrogens is 358 g/mol. The van der Waals surface area contributed by atoms with Crippen LogP contribution in [0.5, 0.6) is 0 Å². The van der Waals surface area contributed by atoms with E-state index in [2.05, 4.69) is 10.6 Å². The Hall–Kier alpha value is -2.80. The Morgan fingerprint density at radius 1 is 1.21 bits per heavy atom. The molecule has 7 nitrogen and oxygen atoms in total. The summed E-state index contributed by atoms with van der Waals surface area (Å²) in [4.78, 5) is 26.5. The van der Waals surface area contributed by atoms with Crippen LogP contribution >= 0.6 is 0 Å². The number of likely N-dealkylation sites (tertiary alicyclic amines) is 1. The minimum atomic E-state index is -0.180. The number of nitrogens with zero attached hydrogens (tertiary/aromatic N) is 1. The number of carbonyl (C=O) groups is 2. The SMILES string of the molecule is COC(CNC(=O)N1CCC(NC(=O)c2ccoc2C)CC1)c1ccccc1. The van der Waals surface area contributed by atoms with Gasteiger partial charge in [-0.15, -0.1) is 0 Å². The van der Waals surface area contributed by atoms with Gasteiger partial charge in [-0.2, -0.15) is 0 Å². The van der Waals surface area contributed by atoms with Gasteiger partial charge in [0.05, 0.1) is 17.9 Å². The van der Waals surface area contributed by atoms with Crippen molar-refractivity contribution >= 4 is 11.9 Å². The molecule has 1 aromatic heterocycles. The summed E-state index contributed by atoms with van der Waals surface area (Å²) in [7, 11) is 1.64. The van der Waals surface area contributed by atoms with Gasteiger partial charge in [0.2, 0.25) is 0 Å². The van der Waals surface area contributed by atoms with Crippen LogP contribution < -0.4 is 10.6 Å². The van der Waals surface area contributed by atoms with Crippen molar-refractivity contribution in [2.24, 2.45) is 0 Å². The summed E-state index contributed by atoms with van der Waals surface area (Å²) in [6, 6.07) is 11.4. The first kappa shape index (κ1) is 19.9. The second kappa shape index (κ2) is 9.41. The summed E-state index contributed by atoms with van der Waals surface area (Å²) in [6.45, 7) is 3.38. The summed E-state index contributed by atoms with van der Waals surface area (Å²) in [5, 5.41) is 5.97. The quantitative estimate of drug-likeness (QED) is 0.801. The van der Waals surface area contributed by atoms with E-state index < -0.39 is 0 Å². The molecule has 1 saturated heterocycles. The largest absolute Gasteiger partial charge is 0.469 e. The molecule has 3 rings (SSSR count). The Balaban J connectivity index is 1.43. The summed E-state index contributed by atoms with van der Waals surface area (Å²) in [5.41, 5.74) is 1.59. The lowest BCUT2D eigenvalue weighted by Gasteiger charge is -2.32. The minimum absolute atomic E-state index is 0.0573. The lowest BCUT2D eigenvalue weighted by Crippen LogP contribution is -2.50. The van der Waals surface area contributed by atoms with Gasteiger partial charge < -0.3 is 24.7 Å². The van der Waals surface area contributed by atoms with Gasteiger partial charge in [0.15, 0.2) is 0 Å². The second-order valence-electron chi connectivity index (χ2n) is 6.95. The number of carbonyl (C=O) groups excluding carboxylic acids is 2. The molecule has 28 heavy (non-hydrogen) atoms. The van der Waals surface area contributed by atoms with Gasteiger partial charge in [-0.05, 0) is 31.4 Å².